The van der Waals surface area contributed by atoms with E-state index < -0.39 is 0 Å². The summed E-state index contributed by atoms with van der Waals surface area (Å²) in [5.41, 5.74) is 2.55. The third-order valence-corrected chi connectivity index (χ3v) is 4.53. The van der Waals surface area contributed by atoms with E-state index in [1.165, 1.54) is 0 Å². The van der Waals surface area contributed by atoms with E-state index in [0.29, 0.717) is 29.4 Å². The number of rotatable bonds is 9. The monoisotopic (exact) mass is 391 g/mol. The van der Waals surface area contributed by atoms with E-state index in [-0.39, 0.29) is 5.91 Å². The fourth-order valence-corrected chi connectivity index (χ4v) is 3.04. The van der Waals surface area contributed by atoms with E-state index in [1.807, 2.05) is 54.6 Å². The lowest BCUT2D eigenvalue weighted by Crippen LogP contribution is -2.25. The Morgan fingerprint density at radius 3 is 2.48 bits per heavy atom. The van der Waals surface area contributed by atoms with Gasteiger partial charge in [-0.3, -0.25) is 4.79 Å². The molecule has 5 heteroatoms. The molecule has 0 aliphatic carbocycles. The minimum atomic E-state index is -0.125. The number of carbonyl (C=O) groups is 1. The first-order chi connectivity index (χ1) is 14.2. The van der Waals surface area contributed by atoms with Gasteiger partial charge in [0, 0.05) is 6.54 Å². The zero-order valence-electron chi connectivity index (χ0n) is 16.7. The summed E-state index contributed by atoms with van der Waals surface area (Å²) in [6, 6.07) is 19.1. The number of aryl methyl sites for hydroxylation is 1. The summed E-state index contributed by atoms with van der Waals surface area (Å²) in [6.07, 6.45) is 4.99. The summed E-state index contributed by atoms with van der Waals surface area (Å²) in [4.78, 5) is 12.8. The van der Waals surface area contributed by atoms with Crippen molar-refractivity contribution in [2.75, 3.05) is 20.8 Å². The number of methoxy groups -OCH3 is 2. The molecule has 2 aromatic carbocycles. The molecule has 0 aliphatic rings. The van der Waals surface area contributed by atoms with Crippen LogP contribution in [0.15, 0.2) is 71.3 Å². The van der Waals surface area contributed by atoms with Crippen molar-refractivity contribution < 1.29 is 18.7 Å². The predicted octanol–water partition coefficient (Wildman–Crippen LogP) is 4.59. The zero-order valence-corrected chi connectivity index (χ0v) is 16.7. The van der Waals surface area contributed by atoms with Gasteiger partial charge < -0.3 is 19.2 Å². The van der Waals surface area contributed by atoms with Crippen LogP contribution in [0.25, 0.3) is 11.6 Å². The van der Waals surface area contributed by atoms with Crippen molar-refractivity contribution >= 4 is 17.6 Å². The van der Waals surface area contributed by atoms with Crippen molar-refractivity contribution in [3.63, 3.8) is 0 Å². The Kier molecular flexibility index (Phi) is 7.11. The van der Waals surface area contributed by atoms with Gasteiger partial charge in [-0.2, -0.15) is 0 Å². The maximum atomic E-state index is 12.8. The summed E-state index contributed by atoms with van der Waals surface area (Å²) in [5, 5.41) is 3.01. The van der Waals surface area contributed by atoms with Gasteiger partial charge in [-0.15, -0.1) is 0 Å². The zero-order chi connectivity index (χ0) is 20.5. The Balaban J connectivity index is 1.61. The molecule has 5 nitrogen and oxygen atoms in total. The molecular weight excluding hydrogens is 366 g/mol. The van der Waals surface area contributed by atoms with E-state index in [4.69, 9.17) is 13.9 Å². The Bertz CT molecular complexity index is 946. The standard InChI is InChI=1S/C24H25NO4/c1-27-22-13-12-18(16-23(22)28-2)8-6-14-25-24(26)21(17-20-11-7-15-29-20)19-9-4-3-5-10-19/h3-5,7,9-13,15-17H,6,8,14H2,1-2H3,(H,25,26)/b21-17+. The molecule has 1 amide bonds. The van der Waals surface area contributed by atoms with Crippen molar-refractivity contribution in [3.05, 3.63) is 83.8 Å². The van der Waals surface area contributed by atoms with Gasteiger partial charge in [-0.05, 0) is 54.3 Å². The summed E-state index contributed by atoms with van der Waals surface area (Å²) in [7, 11) is 3.24. The molecule has 0 aliphatic heterocycles. The second-order valence-electron chi connectivity index (χ2n) is 6.49. The van der Waals surface area contributed by atoms with Crippen LogP contribution in [0.1, 0.15) is 23.3 Å². The summed E-state index contributed by atoms with van der Waals surface area (Å²) in [6.45, 7) is 0.565. The molecule has 0 radical (unpaired) electrons. The molecule has 29 heavy (non-hydrogen) atoms. The summed E-state index contributed by atoms with van der Waals surface area (Å²) >= 11 is 0. The van der Waals surface area contributed by atoms with Gasteiger partial charge in [0.2, 0.25) is 0 Å². The van der Waals surface area contributed by atoms with Crippen LogP contribution in [0.3, 0.4) is 0 Å². The number of carbonyl (C=O) groups excluding carboxylic acids is 1. The van der Waals surface area contributed by atoms with Crippen LogP contribution in [-0.4, -0.2) is 26.7 Å². The molecule has 0 unspecified atom stereocenters. The lowest BCUT2D eigenvalue weighted by atomic mass is 10.0. The van der Waals surface area contributed by atoms with E-state index >= 15 is 0 Å². The number of ether oxygens (including phenoxy) is 2. The van der Waals surface area contributed by atoms with Crippen molar-refractivity contribution in [2.24, 2.45) is 0 Å². The van der Waals surface area contributed by atoms with Crippen LogP contribution in [0.5, 0.6) is 11.5 Å². The SMILES string of the molecule is COc1ccc(CCCNC(=O)/C(=C/c2ccco2)c2ccccc2)cc1OC. The number of hydrogen-bond donors (Lipinski definition) is 1. The summed E-state index contributed by atoms with van der Waals surface area (Å²) in [5.74, 6) is 1.94. The second kappa shape index (κ2) is 10.2. The molecule has 3 rings (SSSR count). The molecule has 0 spiro atoms. The van der Waals surface area contributed by atoms with E-state index in [9.17, 15) is 4.79 Å². The third-order valence-electron chi connectivity index (χ3n) is 4.53. The average Bonchev–Trinajstić information content (AvgIpc) is 3.28. The first-order valence-electron chi connectivity index (χ1n) is 9.51. The summed E-state index contributed by atoms with van der Waals surface area (Å²) < 4.78 is 16.0. The highest BCUT2D eigenvalue weighted by molar-refractivity contribution is 6.24. The lowest BCUT2D eigenvalue weighted by molar-refractivity contribution is -0.115. The van der Waals surface area contributed by atoms with Gasteiger partial charge in [-0.25, -0.2) is 0 Å². The van der Waals surface area contributed by atoms with Gasteiger partial charge in [0.25, 0.3) is 5.91 Å². The Morgan fingerprint density at radius 2 is 1.79 bits per heavy atom. The molecule has 1 aromatic heterocycles. The minimum absolute atomic E-state index is 0.125. The largest absolute Gasteiger partial charge is 0.493 e. The first kappa shape index (κ1) is 20.3. The van der Waals surface area contributed by atoms with Crippen molar-refractivity contribution in [3.8, 4) is 11.5 Å². The van der Waals surface area contributed by atoms with Gasteiger partial charge in [-0.1, -0.05) is 36.4 Å². The minimum Gasteiger partial charge on any atom is -0.493 e. The Morgan fingerprint density at radius 1 is 1.00 bits per heavy atom. The fraction of sp³-hybridized carbons (Fsp3) is 0.208. The van der Waals surface area contributed by atoms with Crippen LogP contribution in [0.4, 0.5) is 0 Å². The highest BCUT2D eigenvalue weighted by Crippen LogP contribution is 2.28. The third kappa shape index (κ3) is 5.51. The molecule has 0 saturated heterocycles. The van der Waals surface area contributed by atoms with Gasteiger partial charge >= 0.3 is 0 Å². The fourth-order valence-electron chi connectivity index (χ4n) is 3.04. The number of benzene rings is 2. The number of hydrogen-bond acceptors (Lipinski definition) is 4. The van der Waals surface area contributed by atoms with Crippen molar-refractivity contribution in [1.82, 2.24) is 5.32 Å². The van der Waals surface area contributed by atoms with Crippen LogP contribution in [0, 0.1) is 0 Å². The average molecular weight is 391 g/mol. The lowest BCUT2D eigenvalue weighted by Gasteiger charge is -2.11. The van der Waals surface area contributed by atoms with Gasteiger partial charge in [0.15, 0.2) is 11.5 Å². The molecule has 0 saturated carbocycles. The van der Waals surface area contributed by atoms with E-state index in [2.05, 4.69) is 5.32 Å². The van der Waals surface area contributed by atoms with Crippen LogP contribution in [0.2, 0.25) is 0 Å². The Hall–Kier alpha value is -3.47. The van der Waals surface area contributed by atoms with Crippen LogP contribution in [-0.2, 0) is 11.2 Å². The second-order valence-corrected chi connectivity index (χ2v) is 6.49. The highest BCUT2D eigenvalue weighted by atomic mass is 16.5. The van der Waals surface area contributed by atoms with Crippen molar-refractivity contribution in [1.29, 1.82) is 0 Å². The van der Waals surface area contributed by atoms with Crippen molar-refractivity contribution in [2.45, 2.75) is 12.8 Å². The highest BCUT2D eigenvalue weighted by Gasteiger charge is 2.12. The molecule has 150 valence electrons. The maximum Gasteiger partial charge on any atom is 0.252 e. The predicted molar refractivity (Wildman–Crippen MR) is 114 cm³/mol. The van der Waals surface area contributed by atoms with Crippen LogP contribution >= 0.6 is 0 Å². The molecule has 0 bridgehead atoms. The molecular formula is C24H25NO4. The van der Waals surface area contributed by atoms with Crippen LogP contribution < -0.4 is 14.8 Å². The molecule has 1 N–H and O–H groups in total. The Labute approximate surface area is 171 Å². The van der Waals surface area contributed by atoms with E-state index in [0.717, 1.165) is 24.0 Å². The van der Waals surface area contributed by atoms with E-state index in [1.54, 1.807) is 32.6 Å². The molecule has 3 aromatic rings. The molecule has 0 atom stereocenters. The van der Waals surface area contributed by atoms with Gasteiger partial charge in [0.1, 0.15) is 5.76 Å². The number of furan rings is 1. The molecule has 0 fully saturated rings. The smallest absolute Gasteiger partial charge is 0.252 e. The maximum absolute atomic E-state index is 12.8. The first-order valence-corrected chi connectivity index (χ1v) is 9.51. The number of nitrogens with one attached hydrogen (secondary N) is 1. The molecule has 1 heterocycles. The quantitative estimate of drug-likeness (QED) is 0.428. The normalized spacial score (nSPS) is 11.2. The van der Waals surface area contributed by atoms with Gasteiger partial charge in [0.05, 0.1) is 26.1 Å². The number of amides is 1. The topological polar surface area (TPSA) is 60.7 Å².